The van der Waals surface area contributed by atoms with Gasteiger partial charge in [0.25, 0.3) is 0 Å². The average molecular weight is 271 g/mol. The first-order chi connectivity index (χ1) is 9.59. The topological polar surface area (TPSA) is 60.0 Å². The lowest BCUT2D eigenvalue weighted by atomic mass is 9.83. The first kappa shape index (κ1) is 13.3. The summed E-state index contributed by atoms with van der Waals surface area (Å²) in [6, 6.07) is 0. The van der Waals surface area contributed by atoms with Crippen LogP contribution in [0, 0.1) is 0 Å². The second kappa shape index (κ2) is 5.00. The third-order valence-corrected chi connectivity index (χ3v) is 4.34. The van der Waals surface area contributed by atoms with Crippen LogP contribution in [0.5, 0.6) is 0 Å². The Morgan fingerprint density at radius 1 is 1.35 bits per heavy atom. The molecule has 1 saturated carbocycles. The molecule has 6 heteroatoms. The summed E-state index contributed by atoms with van der Waals surface area (Å²) in [5.41, 5.74) is 9.64. The molecule has 1 aliphatic carbocycles. The van der Waals surface area contributed by atoms with E-state index < -0.39 is 0 Å². The quantitative estimate of drug-likeness (QED) is 0.842. The van der Waals surface area contributed by atoms with E-state index in [2.05, 4.69) is 14.5 Å². The lowest BCUT2D eigenvalue weighted by molar-refractivity contribution is 0.445. The number of imidazole rings is 1. The summed E-state index contributed by atoms with van der Waals surface area (Å²) >= 11 is 0. The predicted octanol–water partition coefficient (Wildman–Crippen LogP) is 1.58. The van der Waals surface area contributed by atoms with Crippen molar-refractivity contribution < 1.29 is 0 Å². The lowest BCUT2D eigenvalue weighted by Crippen LogP contribution is -2.17. The summed E-state index contributed by atoms with van der Waals surface area (Å²) in [7, 11) is 6.01. The van der Waals surface area contributed by atoms with Gasteiger partial charge in [-0.3, -0.25) is 0 Å². The number of anilines is 2. The molecule has 2 aromatic heterocycles. The zero-order valence-electron chi connectivity index (χ0n) is 12.6. The van der Waals surface area contributed by atoms with Gasteiger partial charge in [-0.1, -0.05) is 19.3 Å². The molecule has 3 rings (SSSR count). The molecule has 2 aromatic rings. The van der Waals surface area contributed by atoms with Crippen molar-refractivity contribution in [1.82, 2.24) is 14.5 Å². The predicted molar refractivity (Wildman–Crippen MR) is 85.7 cm³/mol. The molecule has 20 heavy (non-hydrogen) atoms. The van der Waals surface area contributed by atoms with E-state index in [-0.39, 0.29) is 0 Å². The molecule has 0 amide bonds. The Morgan fingerprint density at radius 3 is 2.70 bits per heavy atom. The summed E-state index contributed by atoms with van der Waals surface area (Å²) < 4.78 is 2.09. The Morgan fingerprint density at radius 2 is 2.05 bits per heavy atom. The Balaban J connectivity index is 2.23. The first-order valence-electron chi connectivity index (χ1n) is 7.37. The van der Waals surface area contributed by atoms with Gasteiger partial charge in [0.15, 0.2) is 0 Å². The van der Waals surface area contributed by atoms with Crippen LogP contribution in [0.25, 0.3) is 11.0 Å². The normalized spacial score (nSPS) is 16.7. The molecular weight excluding hydrogens is 249 g/mol. The number of nitrogens with two attached hydrogens (primary N) is 1. The standard InChI is InChI=1S/C14H22BN5/c1-19-8-17-11-12(19)10(9-6-4-3-5-7-9)13(16)18-14(11)20(2)15/h8-9H,3-7,15H2,1-2H3,(H2,16,18). The molecule has 5 nitrogen and oxygen atoms in total. The smallest absolute Gasteiger partial charge is 0.219 e. The number of nitrogens with zero attached hydrogens (tertiary/aromatic N) is 4. The average Bonchev–Trinajstić information content (AvgIpc) is 2.81. The summed E-state index contributed by atoms with van der Waals surface area (Å²) in [5.74, 6) is 2.07. The summed E-state index contributed by atoms with van der Waals surface area (Å²) in [4.78, 5) is 11.1. The largest absolute Gasteiger partial charge is 0.408 e. The molecule has 0 atom stereocenters. The van der Waals surface area contributed by atoms with Crippen molar-refractivity contribution in [3.8, 4) is 0 Å². The van der Waals surface area contributed by atoms with Crippen molar-refractivity contribution in [3.05, 3.63) is 11.9 Å². The van der Waals surface area contributed by atoms with Crippen molar-refractivity contribution in [2.75, 3.05) is 17.6 Å². The Kier molecular flexibility index (Phi) is 3.32. The van der Waals surface area contributed by atoms with E-state index in [4.69, 9.17) is 5.73 Å². The van der Waals surface area contributed by atoms with Gasteiger partial charge in [-0.25, -0.2) is 9.97 Å². The Labute approximate surface area is 120 Å². The number of nitrogen functional groups attached to an aromatic ring is 1. The summed E-state index contributed by atoms with van der Waals surface area (Å²) in [6.07, 6.45) is 8.22. The van der Waals surface area contributed by atoms with Crippen LogP contribution >= 0.6 is 0 Å². The molecular formula is C14H22BN5. The van der Waals surface area contributed by atoms with Crippen molar-refractivity contribution in [2.45, 2.75) is 38.0 Å². The van der Waals surface area contributed by atoms with Gasteiger partial charge >= 0.3 is 0 Å². The molecule has 106 valence electrons. The maximum atomic E-state index is 6.31. The number of hydrogen-bond acceptors (Lipinski definition) is 4. The van der Waals surface area contributed by atoms with E-state index in [0.29, 0.717) is 11.7 Å². The molecule has 0 unspecified atom stereocenters. The van der Waals surface area contributed by atoms with E-state index in [1.165, 1.54) is 37.7 Å². The molecule has 0 saturated heterocycles. The van der Waals surface area contributed by atoms with Crippen LogP contribution in [0.1, 0.15) is 43.6 Å². The van der Waals surface area contributed by atoms with E-state index in [1.54, 1.807) is 0 Å². The number of hydrogen-bond donors (Lipinski definition) is 1. The highest BCUT2D eigenvalue weighted by molar-refractivity contribution is 6.19. The minimum absolute atomic E-state index is 0.533. The van der Waals surface area contributed by atoms with Gasteiger partial charge in [-0.2, -0.15) is 0 Å². The van der Waals surface area contributed by atoms with Crippen LogP contribution in [0.15, 0.2) is 6.33 Å². The zero-order chi connectivity index (χ0) is 14.3. The fraction of sp³-hybridized carbons (Fsp3) is 0.571. The van der Waals surface area contributed by atoms with Crippen molar-refractivity contribution in [3.63, 3.8) is 0 Å². The summed E-state index contributed by atoms with van der Waals surface area (Å²) in [6.45, 7) is 0. The fourth-order valence-corrected chi connectivity index (χ4v) is 3.37. The highest BCUT2D eigenvalue weighted by atomic mass is 15.1. The van der Waals surface area contributed by atoms with Gasteiger partial charge in [0.1, 0.15) is 17.2 Å². The van der Waals surface area contributed by atoms with E-state index in [9.17, 15) is 0 Å². The van der Waals surface area contributed by atoms with E-state index in [0.717, 1.165) is 16.9 Å². The van der Waals surface area contributed by atoms with Gasteiger partial charge in [0.05, 0.1) is 11.8 Å². The van der Waals surface area contributed by atoms with Crippen molar-refractivity contribution in [1.29, 1.82) is 0 Å². The van der Waals surface area contributed by atoms with Gasteiger partial charge < -0.3 is 15.1 Å². The van der Waals surface area contributed by atoms with Crippen molar-refractivity contribution >= 4 is 30.7 Å². The SMILES string of the molecule is BN(C)c1nc(N)c(C2CCCCC2)c2c1ncn2C. The zero-order valence-corrected chi connectivity index (χ0v) is 12.6. The first-order valence-corrected chi connectivity index (χ1v) is 7.37. The van der Waals surface area contributed by atoms with Crippen LogP contribution in [0.4, 0.5) is 11.6 Å². The van der Waals surface area contributed by atoms with Crippen LogP contribution in [0.2, 0.25) is 0 Å². The molecule has 0 aromatic carbocycles. The number of pyridine rings is 1. The number of aromatic nitrogens is 3. The molecule has 0 bridgehead atoms. The maximum Gasteiger partial charge on any atom is 0.219 e. The third kappa shape index (κ3) is 2.03. The van der Waals surface area contributed by atoms with Gasteiger partial charge in [-0.15, -0.1) is 0 Å². The minimum atomic E-state index is 0.533. The van der Waals surface area contributed by atoms with Crippen LogP contribution < -0.4 is 10.5 Å². The molecule has 2 N–H and O–H groups in total. The van der Waals surface area contributed by atoms with E-state index >= 15 is 0 Å². The number of rotatable bonds is 2. The molecule has 1 aliphatic rings. The molecule has 0 spiro atoms. The fourth-order valence-electron chi connectivity index (χ4n) is 3.37. The molecule has 0 aliphatic heterocycles. The van der Waals surface area contributed by atoms with Crippen LogP contribution in [-0.2, 0) is 7.05 Å². The van der Waals surface area contributed by atoms with E-state index in [1.807, 2.05) is 33.2 Å². The second-order valence-corrected chi connectivity index (χ2v) is 6.02. The van der Waals surface area contributed by atoms with Crippen LogP contribution in [-0.4, -0.2) is 29.6 Å². The summed E-state index contributed by atoms with van der Waals surface area (Å²) in [5, 5.41) is 0. The third-order valence-electron chi connectivity index (χ3n) is 4.34. The monoisotopic (exact) mass is 271 g/mol. The second-order valence-electron chi connectivity index (χ2n) is 6.02. The highest BCUT2D eigenvalue weighted by Crippen LogP contribution is 2.40. The highest BCUT2D eigenvalue weighted by Gasteiger charge is 2.25. The number of fused-ring (bicyclic) bond motifs is 1. The minimum Gasteiger partial charge on any atom is -0.408 e. The Hall–Kier alpha value is -1.72. The molecule has 0 radical (unpaired) electrons. The van der Waals surface area contributed by atoms with Crippen LogP contribution in [0.3, 0.4) is 0 Å². The van der Waals surface area contributed by atoms with Crippen molar-refractivity contribution in [2.24, 2.45) is 7.05 Å². The Bertz CT molecular complexity index is 628. The maximum absolute atomic E-state index is 6.31. The molecule has 2 heterocycles. The van der Waals surface area contributed by atoms with Gasteiger partial charge in [-0.05, 0) is 25.8 Å². The molecule has 1 fully saturated rings. The number of aryl methyl sites for hydroxylation is 1. The van der Waals surface area contributed by atoms with Gasteiger partial charge in [0.2, 0.25) is 7.98 Å². The lowest BCUT2D eigenvalue weighted by Gasteiger charge is -2.25. The van der Waals surface area contributed by atoms with Gasteiger partial charge in [0, 0.05) is 12.6 Å².